The van der Waals surface area contributed by atoms with Crippen molar-refractivity contribution in [1.82, 2.24) is 0 Å². The molecule has 0 saturated carbocycles. The number of rotatable bonds is 5. The molecule has 2 aromatic carbocycles. The number of aliphatic hydroxyl groups is 1. The van der Waals surface area contributed by atoms with Crippen molar-refractivity contribution in [1.29, 1.82) is 0 Å². The summed E-state index contributed by atoms with van der Waals surface area (Å²) < 4.78 is 5.49. The summed E-state index contributed by atoms with van der Waals surface area (Å²) in [4.78, 5) is 0. The number of hydrogen-bond donors (Lipinski definition) is 1. The van der Waals surface area contributed by atoms with Gasteiger partial charge in [0.1, 0.15) is 12.4 Å². The van der Waals surface area contributed by atoms with Crippen LogP contribution in [-0.4, -0.2) is 17.8 Å². The SMILES string of the molecule is OC(COc1ccccc1)Cc1ccc(Cl)cc1. The van der Waals surface area contributed by atoms with E-state index in [1.807, 2.05) is 54.6 Å². The molecular weight excluding hydrogens is 248 g/mol. The number of hydrogen-bond acceptors (Lipinski definition) is 2. The molecule has 0 aliphatic carbocycles. The van der Waals surface area contributed by atoms with Crippen molar-refractivity contribution < 1.29 is 9.84 Å². The Morgan fingerprint density at radius 1 is 1.00 bits per heavy atom. The Hall–Kier alpha value is -1.51. The van der Waals surface area contributed by atoms with Crippen molar-refractivity contribution in [3.05, 3.63) is 65.2 Å². The third kappa shape index (κ3) is 4.06. The number of benzene rings is 2. The first kappa shape index (κ1) is 12.9. The summed E-state index contributed by atoms with van der Waals surface area (Å²) >= 11 is 5.80. The molecule has 2 nitrogen and oxygen atoms in total. The molecule has 0 heterocycles. The molecule has 0 radical (unpaired) electrons. The van der Waals surface area contributed by atoms with Crippen LogP contribution in [-0.2, 0) is 6.42 Å². The predicted octanol–water partition coefficient (Wildman–Crippen LogP) is 3.32. The maximum atomic E-state index is 9.88. The van der Waals surface area contributed by atoms with Gasteiger partial charge in [0.15, 0.2) is 0 Å². The molecule has 0 amide bonds. The molecule has 0 fully saturated rings. The molecule has 0 bridgehead atoms. The number of halogens is 1. The monoisotopic (exact) mass is 262 g/mol. The molecule has 0 aliphatic heterocycles. The average molecular weight is 263 g/mol. The van der Waals surface area contributed by atoms with Crippen LogP contribution in [0, 0.1) is 0 Å². The highest BCUT2D eigenvalue weighted by Crippen LogP contribution is 2.12. The summed E-state index contributed by atoms with van der Waals surface area (Å²) in [5.41, 5.74) is 1.04. The van der Waals surface area contributed by atoms with E-state index < -0.39 is 6.10 Å². The van der Waals surface area contributed by atoms with E-state index in [4.69, 9.17) is 16.3 Å². The van der Waals surface area contributed by atoms with E-state index in [1.165, 1.54) is 0 Å². The van der Waals surface area contributed by atoms with E-state index in [-0.39, 0.29) is 6.61 Å². The fraction of sp³-hybridized carbons (Fsp3) is 0.200. The molecule has 0 aliphatic rings. The van der Waals surface area contributed by atoms with Gasteiger partial charge >= 0.3 is 0 Å². The van der Waals surface area contributed by atoms with E-state index in [0.29, 0.717) is 11.4 Å². The van der Waals surface area contributed by atoms with Crippen LogP contribution in [0.2, 0.25) is 5.02 Å². The fourth-order valence-electron chi connectivity index (χ4n) is 1.66. The molecule has 2 aromatic rings. The molecule has 1 unspecified atom stereocenters. The zero-order valence-electron chi connectivity index (χ0n) is 9.92. The van der Waals surface area contributed by atoms with Gasteiger partial charge in [-0.2, -0.15) is 0 Å². The Morgan fingerprint density at radius 2 is 1.67 bits per heavy atom. The van der Waals surface area contributed by atoms with Gasteiger partial charge in [-0.3, -0.25) is 0 Å². The lowest BCUT2D eigenvalue weighted by molar-refractivity contribution is 0.108. The van der Waals surface area contributed by atoms with Crippen molar-refractivity contribution >= 4 is 11.6 Å². The smallest absolute Gasteiger partial charge is 0.119 e. The summed E-state index contributed by atoms with van der Waals surface area (Å²) in [5.74, 6) is 0.771. The predicted molar refractivity (Wildman–Crippen MR) is 73.1 cm³/mol. The van der Waals surface area contributed by atoms with Crippen LogP contribution in [0.1, 0.15) is 5.56 Å². The molecule has 18 heavy (non-hydrogen) atoms. The van der Waals surface area contributed by atoms with Gasteiger partial charge in [-0.15, -0.1) is 0 Å². The first-order valence-electron chi connectivity index (χ1n) is 5.84. The van der Waals surface area contributed by atoms with Gasteiger partial charge in [0.25, 0.3) is 0 Å². The zero-order chi connectivity index (χ0) is 12.8. The van der Waals surface area contributed by atoms with Crippen LogP contribution in [0.4, 0.5) is 0 Å². The molecule has 94 valence electrons. The Kier molecular flexibility index (Phi) is 4.62. The summed E-state index contributed by atoms with van der Waals surface area (Å²) in [7, 11) is 0. The van der Waals surface area contributed by atoms with Crippen LogP contribution in [0.15, 0.2) is 54.6 Å². The summed E-state index contributed by atoms with van der Waals surface area (Å²) in [6.45, 7) is 0.284. The molecule has 3 heteroatoms. The third-order valence-electron chi connectivity index (χ3n) is 2.57. The molecular formula is C15H15ClO2. The maximum Gasteiger partial charge on any atom is 0.119 e. The second kappa shape index (κ2) is 6.43. The van der Waals surface area contributed by atoms with Crippen molar-refractivity contribution in [2.75, 3.05) is 6.61 Å². The van der Waals surface area contributed by atoms with Crippen LogP contribution in [0.25, 0.3) is 0 Å². The highest BCUT2D eigenvalue weighted by Gasteiger charge is 2.06. The van der Waals surface area contributed by atoms with E-state index in [2.05, 4.69) is 0 Å². The quantitative estimate of drug-likeness (QED) is 0.896. The van der Waals surface area contributed by atoms with Crippen molar-refractivity contribution in [3.63, 3.8) is 0 Å². The average Bonchev–Trinajstić information content (AvgIpc) is 2.40. The van der Waals surface area contributed by atoms with Crippen molar-refractivity contribution in [2.24, 2.45) is 0 Å². The molecule has 1 N–H and O–H groups in total. The van der Waals surface area contributed by atoms with Crippen LogP contribution < -0.4 is 4.74 Å². The minimum absolute atomic E-state index is 0.284. The Labute approximate surface area is 112 Å². The summed E-state index contributed by atoms with van der Waals surface area (Å²) in [6, 6.07) is 16.9. The van der Waals surface area contributed by atoms with E-state index in [0.717, 1.165) is 11.3 Å². The van der Waals surface area contributed by atoms with Gasteiger partial charge in [0.2, 0.25) is 0 Å². The number of ether oxygens (including phenoxy) is 1. The Bertz CT molecular complexity index is 468. The van der Waals surface area contributed by atoms with Crippen LogP contribution in [0.3, 0.4) is 0 Å². The number of aliphatic hydroxyl groups excluding tert-OH is 1. The van der Waals surface area contributed by atoms with Gasteiger partial charge in [-0.05, 0) is 29.8 Å². The standard InChI is InChI=1S/C15H15ClO2/c16-13-8-6-12(7-9-13)10-14(17)11-18-15-4-2-1-3-5-15/h1-9,14,17H,10-11H2. The van der Waals surface area contributed by atoms with E-state index in [9.17, 15) is 5.11 Å². The molecule has 2 rings (SSSR count). The largest absolute Gasteiger partial charge is 0.491 e. The maximum absolute atomic E-state index is 9.88. The summed E-state index contributed by atoms with van der Waals surface area (Å²) in [6.07, 6.45) is 0.0377. The molecule has 0 saturated heterocycles. The van der Waals surface area contributed by atoms with Crippen molar-refractivity contribution in [3.8, 4) is 5.75 Å². The van der Waals surface area contributed by atoms with Crippen LogP contribution in [0.5, 0.6) is 5.75 Å². The summed E-state index contributed by atoms with van der Waals surface area (Å²) in [5, 5.41) is 10.6. The molecule has 0 spiro atoms. The van der Waals surface area contributed by atoms with E-state index in [1.54, 1.807) is 0 Å². The van der Waals surface area contributed by atoms with Crippen LogP contribution >= 0.6 is 11.6 Å². The minimum Gasteiger partial charge on any atom is -0.491 e. The minimum atomic E-state index is -0.522. The van der Waals surface area contributed by atoms with Gasteiger partial charge in [-0.1, -0.05) is 41.9 Å². The van der Waals surface area contributed by atoms with Gasteiger partial charge in [0, 0.05) is 11.4 Å². The lowest BCUT2D eigenvalue weighted by Crippen LogP contribution is -2.20. The molecule has 0 aromatic heterocycles. The fourth-order valence-corrected chi connectivity index (χ4v) is 1.79. The topological polar surface area (TPSA) is 29.5 Å². The second-order valence-electron chi connectivity index (χ2n) is 4.11. The van der Waals surface area contributed by atoms with Gasteiger partial charge < -0.3 is 9.84 Å². The van der Waals surface area contributed by atoms with E-state index >= 15 is 0 Å². The Balaban J connectivity index is 1.82. The van der Waals surface area contributed by atoms with Gasteiger partial charge in [0.05, 0.1) is 6.10 Å². The Morgan fingerprint density at radius 3 is 2.33 bits per heavy atom. The highest BCUT2D eigenvalue weighted by molar-refractivity contribution is 6.30. The lowest BCUT2D eigenvalue weighted by Gasteiger charge is -2.12. The second-order valence-corrected chi connectivity index (χ2v) is 4.54. The number of para-hydroxylation sites is 1. The molecule has 1 atom stereocenters. The van der Waals surface area contributed by atoms with Gasteiger partial charge in [-0.25, -0.2) is 0 Å². The third-order valence-corrected chi connectivity index (χ3v) is 2.82. The first-order chi connectivity index (χ1) is 8.74. The first-order valence-corrected chi connectivity index (χ1v) is 6.22. The zero-order valence-corrected chi connectivity index (χ0v) is 10.7. The highest BCUT2D eigenvalue weighted by atomic mass is 35.5. The lowest BCUT2D eigenvalue weighted by atomic mass is 10.1. The van der Waals surface area contributed by atoms with Crippen molar-refractivity contribution in [2.45, 2.75) is 12.5 Å². The normalized spacial score (nSPS) is 12.1.